The van der Waals surface area contributed by atoms with E-state index in [1.165, 1.54) is 18.4 Å². The largest absolute Gasteiger partial charge is 0.495 e. The minimum absolute atomic E-state index is 0.0282. The van der Waals surface area contributed by atoms with Gasteiger partial charge in [-0.2, -0.15) is 5.10 Å². The molecule has 2 aliphatic heterocycles. The number of hydrogen-bond acceptors (Lipinski definition) is 7. The number of methoxy groups -OCH3 is 1. The third-order valence-electron chi connectivity index (χ3n) is 8.63. The quantitative estimate of drug-likeness (QED) is 0.402. The van der Waals surface area contributed by atoms with E-state index in [0.29, 0.717) is 13.0 Å². The van der Waals surface area contributed by atoms with E-state index in [2.05, 4.69) is 22.0 Å². The summed E-state index contributed by atoms with van der Waals surface area (Å²) in [5, 5.41) is 6.91. The molecule has 0 bridgehead atoms. The van der Waals surface area contributed by atoms with E-state index < -0.39 is 15.4 Å². The van der Waals surface area contributed by atoms with Crippen LogP contribution >= 0.6 is 0 Å². The molecule has 1 spiro atoms. The third-order valence-corrected chi connectivity index (χ3v) is 9.58. The fraction of sp³-hybridized carbons (Fsp3) is 0.419. The monoisotopic (exact) mass is 577 g/mol. The zero-order valence-corrected chi connectivity index (χ0v) is 24.8. The molecule has 2 fully saturated rings. The first kappa shape index (κ1) is 27.5. The average Bonchev–Trinajstić information content (AvgIpc) is 3.53. The summed E-state index contributed by atoms with van der Waals surface area (Å²) in [6.07, 6.45) is 10.7. The van der Waals surface area contributed by atoms with Crippen LogP contribution in [0.5, 0.6) is 5.75 Å². The van der Waals surface area contributed by atoms with Crippen molar-refractivity contribution < 1.29 is 17.5 Å². The number of nitrogens with zero attached hydrogens (tertiary/aromatic N) is 5. The lowest BCUT2D eigenvalue weighted by molar-refractivity contribution is 0.0612. The highest BCUT2D eigenvalue weighted by atomic mass is 32.2. The number of likely N-dealkylation sites (N-methyl/N-ethyl adjacent to an activating group) is 1. The SMILES string of the molecule is COc1cc(C=C2CC3(CC3)CN3C2=NN(C)CC3(CCS(C)(=O)=O)c2ccc(F)cc2)ccc1-n1cnc(C)c1. The minimum atomic E-state index is -3.24. The lowest BCUT2D eigenvalue weighted by Crippen LogP contribution is -2.62. The van der Waals surface area contributed by atoms with Gasteiger partial charge in [-0.1, -0.05) is 18.2 Å². The third kappa shape index (κ3) is 5.37. The summed E-state index contributed by atoms with van der Waals surface area (Å²) in [5.41, 5.74) is 4.29. The summed E-state index contributed by atoms with van der Waals surface area (Å²) in [4.78, 5) is 6.67. The van der Waals surface area contributed by atoms with Crippen LogP contribution in [0.15, 0.2) is 65.7 Å². The highest BCUT2D eigenvalue weighted by Crippen LogP contribution is 2.57. The number of halogens is 1. The molecule has 3 aliphatic rings. The van der Waals surface area contributed by atoms with Crippen molar-refractivity contribution in [2.75, 3.05) is 39.3 Å². The number of ether oxygens (including phenoxy) is 1. The Morgan fingerprint density at radius 2 is 1.88 bits per heavy atom. The smallest absolute Gasteiger partial charge is 0.152 e. The van der Waals surface area contributed by atoms with Crippen molar-refractivity contribution in [3.63, 3.8) is 0 Å². The molecule has 216 valence electrons. The van der Waals surface area contributed by atoms with Crippen LogP contribution in [0, 0.1) is 18.2 Å². The average molecular weight is 578 g/mol. The summed E-state index contributed by atoms with van der Waals surface area (Å²) in [7, 11) is 0.355. The summed E-state index contributed by atoms with van der Waals surface area (Å²) in [6, 6.07) is 12.7. The molecule has 1 atom stereocenters. The fourth-order valence-corrected chi connectivity index (χ4v) is 7.06. The predicted octanol–water partition coefficient (Wildman–Crippen LogP) is 4.79. The highest BCUT2D eigenvalue weighted by molar-refractivity contribution is 7.90. The van der Waals surface area contributed by atoms with Crippen LogP contribution in [0.1, 0.15) is 42.5 Å². The van der Waals surface area contributed by atoms with E-state index >= 15 is 0 Å². The number of aryl methyl sites for hydroxylation is 1. The van der Waals surface area contributed by atoms with Gasteiger partial charge in [0.05, 0.1) is 42.7 Å². The molecule has 0 radical (unpaired) electrons. The lowest BCUT2D eigenvalue weighted by atomic mass is 9.78. The van der Waals surface area contributed by atoms with Gasteiger partial charge in [0, 0.05) is 26.0 Å². The number of piperidine rings is 1. The second-order valence-electron chi connectivity index (χ2n) is 11.9. The number of aromatic nitrogens is 2. The molecule has 1 saturated heterocycles. The van der Waals surface area contributed by atoms with Crippen LogP contribution in [0.25, 0.3) is 11.8 Å². The van der Waals surface area contributed by atoms with Crippen molar-refractivity contribution in [3.8, 4) is 11.4 Å². The Labute approximate surface area is 241 Å². The molecular formula is C31H36FN5O3S. The van der Waals surface area contributed by atoms with Gasteiger partial charge in [0.25, 0.3) is 0 Å². The molecular weight excluding hydrogens is 541 g/mol. The van der Waals surface area contributed by atoms with Crippen LogP contribution in [-0.2, 0) is 15.4 Å². The molecule has 41 heavy (non-hydrogen) atoms. The van der Waals surface area contributed by atoms with Gasteiger partial charge in [0.15, 0.2) is 5.84 Å². The van der Waals surface area contributed by atoms with Crippen LogP contribution in [0.3, 0.4) is 0 Å². The number of sulfone groups is 1. The van der Waals surface area contributed by atoms with Gasteiger partial charge in [-0.15, -0.1) is 0 Å². The van der Waals surface area contributed by atoms with Gasteiger partial charge in [0.2, 0.25) is 0 Å². The Kier molecular flexibility index (Phi) is 6.71. The van der Waals surface area contributed by atoms with Gasteiger partial charge in [-0.05, 0) is 85.1 Å². The molecule has 6 rings (SSSR count). The van der Waals surface area contributed by atoms with E-state index in [4.69, 9.17) is 9.84 Å². The number of imidazole rings is 1. The Morgan fingerprint density at radius 3 is 2.51 bits per heavy atom. The molecule has 1 aromatic heterocycles. The Bertz CT molecular complexity index is 1640. The normalized spacial score (nSPS) is 22.6. The van der Waals surface area contributed by atoms with Crippen LogP contribution < -0.4 is 4.74 Å². The first-order valence-electron chi connectivity index (χ1n) is 13.9. The number of amidine groups is 1. The summed E-state index contributed by atoms with van der Waals surface area (Å²) in [5.74, 6) is 1.30. The van der Waals surface area contributed by atoms with Gasteiger partial charge >= 0.3 is 0 Å². The fourth-order valence-electron chi connectivity index (χ4n) is 6.35. The van der Waals surface area contributed by atoms with Gasteiger partial charge in [0.1, 0.15) is 21.4 Å². The first-order valence-corrected chi connectivity index (χ1v) is 16.0. The Balaban J connectivity index is 1.45. The highest BCUT2D eigenvalue weighted by Gasteiger charge is 2.55. The number of hydrazone groups is 1. The van der Waals surface area contributed by atoms with Crippen LogP contribution in [0.2, 0.25) is 0 Å². The number of hydrogen-bond donors (Lipinski definition) is 0. The van der Waals surface area contributed by atoms with Crippen molar-refractivity contribution in [2.24, 2.45) is 10.5 Å². The van der Waals surface area contributed by atoms with E-state index in [0.717, 1.165) is 65.5 Å². The number of rotatable bonds is 7. The van der Waals surface area contributed by atoms with E-state index in [1.807, 2.05) is 41.9 Å². The molecule has 1 aliphatic carbocycles. The molecule has 2 aromatic carbocycles. The van der Waals surface area contributed by atoms with Crippen molar-refractivity contribution in [2.45, 2.75) is 38.1 Å². The van der Waals surface area contributed by atoms with Gasteiger partial charge < -0.3 is 14.2 Å². The van der Waals surface area contributed by atoms with Gasteiger partial charge in [-0.25, -0.2) is 17.8 Å². The Morgan fingerprint density at radius 1 is 1.12 bits per heavy atom. The maximum Gasteiger partial charge on any atom is 0.152 e. The van der Waals surface area contributed by atoms with Crippen molar-refractivity contribution in [1.82, 2.24) is 19.5 Å². The van der Waals surface area contributed by atoms with E-state index in [9.17, 15) is 12.8 Å². The van der Waals surface area contributed by atoms with Gasteiger partial charge in [-0.3, -0.25) is 5.01 Å². The zero-order chi connectivity index (χ0) is 29.0. The number of fused-ring (bicyclic) bond motifs is 1. The van der Waals surface area contributed by atoms with E-state index in [-0.39, 0.29) is 17.0 Å². The van der Waals surface area contributed by atoms with Crippen LogP contribution in [0.4, 0.5) is 4.39 Å². The molecule has 1 saturated carbocycles. The molecule has 0 amide bonds. The van der Waals surface area contributed by atoms with Crippen molar-refractivity contribution in [3.05, 3.63) is 83.2 Å². The predicted molar refractivity (Wildman–Crippen MR) is 158 cm³/mol. The lowest BCUT2D eigenvalue weighted by Gasteiger charge is -2.54. The second-order valence-corrected chi connectivity index (χ2v) is 14.2. The van der Waals surface area contributed by atoms with E-state index in [1.54, 1.807) is 25.6 Å². The molecule has 3 aromatic rings. The number of benzene rings is 2. The van der Waals surface area contributed by atoms with Crippen LogP contribution in [-0.4, -0.2) is 73.0 Å². The second kappa shape index (κ2) is 10.0. The minimum Gasteiger partial charge on any atom is -0.495 e. The topological polar surface area (TPSA) is 80.0 Å². The molecule has 10 heteroatoms. The summed E-state index contributed by atoms with van der Waals surface area (Å²) >= 11 is 0. The molecule has 0 N–H and O–H groups in total. The molecule has 1 unspecified atom stereocenters. The van der Waals surface area contributed by atoms with Crippen molar-refractivity contribution >= 4 is 21.7 Å². The summed E-state index contributed by atoms with van der Waals surface area (Å²) < 4.78 is 46.6. The standard InChI is InChI=1S/C31H36FN5O3S/c1-22-18-36(21-33-22)27-10-5-23(16-28(27)40-3)15-24-17-30(11-12-30)19-37-29(24)34-35(2)20-31(37,13-14-41(4,38)39)25-6-8-26(32)9-7-25/h5-10,15-16,18,21H,11-14,17,19-20H2,1-4H3. The maximum atomic E-state index is 14.0. The maximum absolute atomic E-state index is 14.0. The zero-order valence-electron chi connectivity index (χ0n) is 24.0. The Hall–Kier alpha value is -3.66. The molecule has 3 heterocycles. The first-order chi connectivity index (χ1) is 19.5. The summed E-state index contributed by atoms with van der Waals surface area (Å²) in [6.45, 7) is 3.25. The molecule has 8 nitrogen and oxygen atoms in total. The van der Waals surface area contributed by atoms with Crippen molar-refractivity contribution in [1.29, 1.82) is 0 Å².